The smallest absolute Gasteiger partial charge is 0.340 e. The van der Waals surface area contributed by atoms with Gasteiger partial charge in [-0.2, -0.15) is 0 Å². The van der Waals surface area contributed by atoms with Gasteiger partial charge in [0.25, 0.3) is 0 Å². The maximum atomic E-state index is 13.1. The van der Waals surface area contributed by atoms with Crippen LogP contribution in [0.1, 0.15) is 63.1 Å². The summed E-state index contributed by atoms with van der Waals surface area (Å²) in [5.74, 6) is 0.275. The lowest BCUT2D eigenvalue weighted by Crippen LogP contribution is -2.22. The Balaban J connectivity index is 1.61. The van der Waals surface area contributed by atoms with Crippen LogP contribution in [0.15, 0.2) is 48.7 Å². The number of H-pyrrole nitrogens is 1. The highest BCUT2D eigenvalue weighted by Gasteiger charge is 2.37. The highest BCUT2D eigenvalue weighted by atomic mass is 16.7. The highest BCUT2D eigenvalue weighted by Crippen LogP contribution is 2.44. The number of aromatic amines is 1. The number of nitrogens with one attached hydrogen (secondary N) is 1. The summed E-state index contributed by atoms with van der Waals surface area (Å²) in [6, 6.07) is 13.6. The van der Waals surface area contributed by atoms with E-state index in [-0.39, 0.29) is 37.2 Å². The molecule has 0 aliphatic carbocycles. The second-order valence-corrected chi connectivity index (χ2v) is 8.47. The quantitative estimate of drug-likeness (QED) is 0.376. The van der Waals surface area contributed by atoms with Gasteiger partial charge in [0, 0.05) is 34.9 Å². The molecule has 0 saturated carbocycles. The van der Waals surface area contributed by atoms with Crippen molar-refractivity contribution in [3.8, 4) is 11.5 Å². The van der Waals surface area contributed by atoms with Crippen LogP contribution >= 0.6 is 0 Å². The lowest BCUT2D eigenvalue weighted by atomic mass is 9.91. The van der Waals surface area contributed by atoms with E-state index in [9.17, 15) is 9.59 Å². The number of rotatable bonds is 5. The Morgan fingerprint density at radius 1 is 1.03 bits per heavy atom. The minimum absolute atomic E-state index is 0.176. The first-order valence-corrected chi connectivity index (χ1v) is 11.7. The summed E-state index contributed by atoms with van der Waals surface area (Å²) in [5.41, 5.74) is 5.20. The van der Waals surface area contributed by atoms with Crippen molar-refractivity contribution in [1.82, 2.24) is 9.55 Å². The molecule has 6 rings (SSSR count). The van der Waals surface area contributed by atoms with Gasteiger partial charge in [-0.1, -0.05) is 24.3 Å². The Kier molecular flexibility index (Phi) is 5.02. The SMILES string of the molecule is CCOC(=O)c1cn2c(c1C(=O)OCC)Cc1c([nH]c3ccccc13)[C@H]2c1ccc2c(c1)OCO2. The van der Waals surface area contributed by atoms with Crippen molar-refractivity contribution in [2.45, 2.75) is 26.3 Å². The molecule has 2 aromatic heterocycles. The Bertz CT molecular complexity index is 1480. The molecule has 0 saturated heterocycles. The third-order valence-corrected chi connectivity index (χ3v) is 6.57. The number of hydrogen-bond acceptors (Lipinski definition) is 6. The zero-order chi connectivity index (χ0) is 24.1. The first-order chi connectivity index (χ1) is 17.1. The van der Waals surface area contributed by atoms with Crippen LogP contribution in [0.25, 0.3) is 10.9 Å². The largest absolute Gasteiger partial charge is 0.462 e. The molecule has 4 aromatic rings. The minimum Gasteiger partial charge on any atom is -0.462 e. The van der Waals surface area contributed by atoms with Crippen LogP contribution in [0.3, 0.4) is 0 Å². The molecule has 8 nitrogen and oxygen atoms in total. The molecule has 2 aromatic carbocycles. The fourth-order valence-electron chi connectivity index (χ4n) is 5.13. The number of hydrogen-bond donors (Lipinski definition) is 1. The standard InChI is InChI=1S/C27H24N2O6/c1-3-32-26(30)18-13-29-20(23(18)27(31)33-4-2)12-17-16-7-5-6-8-19(16)28-24(17)25(29)15-9-10-21-22(11-15)35-14-34-21/h5-11,13,25,28H,3-4,12,14H2,1-2H3/t25-/m1/s1. The van der Waals surface area contributed by atoms with Gasteiger partial charge in [-0.3, -0.25) is 0 Å². The molecule has 0 unspecified atom stereocenters. The van der Waals surface area contributed by atoms with E-state index in [4.69, 9.17) is 18.9 Å². The molecule has 178 valence electrons. The molecule has 8 heteroatoms. The lowest BCUT2D eigenvalue weighted by Gasteiger charge is -2.28. The van der Waals surface area contributed by atoms with Crippen molar-refractivity contribution in [1.29, 1.82) is 0 Å². The number of para-hydroxylation sites is 1. The first kappa shape index (κ1) is 21.3. The van der Waals surface area contributed by atoms with Crippen molar-refractivity contribution >= 4 is 22.8 Å². The Hall–Kier alpha value is -4.20. The number of carbonyl (C=O) groups excluding carboxylic acids is 2. The van der Waals surface area contributed by atoms with Crippen molar-refractivity contribution in [2.75, 3.05) is 20.0 Å². The van der Waals surface area contributed by atoms with Crippen LogP contribution in [0.5, 0.6) is 11.5 Å². The Morgan fingerprint density at radius 2 is 1.80 bits per heavy atom. The number of ether oxygens (including phenoxy) is 4. The molecular weight excluding hydrogens is 448 g/mol. The van der Waals surface area contributed by atoms with Crippen LogP contribution in [0.4, 0.5) is 0 Å². The van der Waals surface area contributed by atoms with Gasteiger partial charge in [0.05, 0.1) is 30.4 Å². The molecule has 0 fully saturated rings. The lowest BCUT2D eigenvalue weighted by molar-refractivity contribution is 0.0479. The summed E-state index contributed by atoms with van der Waals surface area (Å²) >= 11 is 0. The molecule has 2 aliphatic heterocycles. The number of esters is 2. The normalized spacial score (nSPS) is 15.5. The van der Waals surface area contributed by atoms with Crippen molar-refractivity contribution in [2.24, 2.45) is 0 Å². The molecule has 0 amide bonds. The number of benzene rings is 2. The molecule has 0 radical (unpaired) electrons. The minimum atomic E-state index is -0.546. The van der Waals surface area contributed by atoms with Gasteiger partial charge in [0.1, 0.15) is 0 Å². The summed E-state index contributed by atoms with van der Waals surface area (Å²) in [6.45, 7) is 4.07. The van der Waals surface area contributed by atoms with E-state index >= 15 is 0 Å². The van der Waals surface area contributed by atoms with Gasteiger partial charge >= 0.3 is 11.9 Å². The van der Waals surface area contributed by atoms with Crippen LogP contribution in [-0.4, -0.2) is 41.5 Å². The summed E-state index contributed by atoms with van der Waals surface area (Å²) in [7, 11) is 0. The van der Waals surface area contributed by atoms with Gasteiger partial charge in [-0.15, -0.1) is 0 Å². The second-order valence-electron chi connectivity index (χ2n) is 8.47. The van der Waals surface area contributed by atoms with E-state index < -0.39 is 11.9 Å². The Morgan fingerprint density at radius 3 is 2.63 bits per heavy atom. The number of fused-ring (bicyclic) bond motifs is 5. The zero-order valence-corrected chi connectivity index (χ0v) is 19.4. The van der Waals surface area contributed by atoms with Crippen LogP contribution in [0.2, 0.25) is 0 Å². The zero-order valence-electron chi connectivity index (χ0n) is 19.4. The maximum Gasteiger partial charge on any atom is 0.340 e. The van der Waals surface area contributed by atoms with E-state index in [0.717, 1.165) is 27.7 Å². The third kappa shape index (κ3) is 3.28. The first-order valence-electron chi connectivity index (χ1n) is 11.7. The van der Waals surface area contributed by atoms with Gasteiger partial charge < -0.3 is 28.5 Å². The fourth-order valence-corrected chi connectivity index (χ4v) is 5.13. The number of aromatic nitrogens is 2. The van der Waals surface area contributed by atoms with Gasteiger partial charge in [-0.25, -0.2) is 9.59 Å². The summed E-state index contributed by atoms with van der Waals surface area (Å²) < 4.78 is 23.8. The van der Waals surface area contributed by atoms with Gasteiger partial charge in [0.15, 0.2) is 11.5 Å². The predicted molar refractivity (Wildman–Crippen MR) is 127 cm³/mol. The number of nitrogens with zero attached hydrogens (tertiary/aromatic N) is 1. The van der Waals surface area contributed by atoms with Gasteiger partial charge in [-0.05, 0) is 43.2 Å². The van der Waals surface area contributed by atoms with Crippen LogP contribution in [0, 0.1) is 0 Å². The van der Waals surface area contributed by atoms with Crippen molar-refractivity contribution < 1.29 is 28.5 Å². The third-order valence-electron chi connectivity index (χ3n) is 6.57. The van der Waals surface area contributed by atoms with Crippen LogP contribution < -0.4 is 9.47 Å². The van der Waals surface area contributed by atoms with E-state index in [1.807, 2.05) is 41.0 Å². The second kappa shape index (κ2) is 8.23. The highest BCUT2D eigenvalue weighted by molar-refractivity contribution is 6.04. The van der Waals surface area contributed by atoms with E-state index in [1.54, 1.807) is 20.0 Å². The number of carbonyl (C=O) groups is 2. The maximum absolute atomic E-state index is 13.1. The predicted octanol–water partition coefficient (Wildman–Crippen LogP) is 4.59. The van der Waals surface area contributed by atoms with Crippen LogP contribution in [-0.2, 0) is 15.9 Å². The monoisotopic (exact) mass is 472 g/mol. The molecule has 2 aliphatic rings. The topological polar surface area (TPSA) is 91.8 Å². The molecule has 1 atom stereocenters. The van der Waals surface area contributed by atoms with Crippen molar-refractivity contribution in [3.05, 3.63) is 82.3 Å². The van der Waals surface area contributed by atoms with E-state index in [2.05, 4.69) is 11.1 Å². The van der Waals surface area contributed by atoms with E-state index in [1.165, 1.54) is 0 Å². The summed E-state index contributed by atoms with van der Waals surface area (Å²) in [4.78, 5) is 29.6. The van der Waals surface area contributed by atoms with E-state index in [0.29, 0.717) is 23.6 Å². The fraction of sp³-hybridized carbons (Fsp3) is 0.259. The average Bonchev–Trinajstić information content (AvgIpc) is 3.57. The summed E-state index contributed by atoms with van der Waals surface area (Å²) in [6.07, 6.45) is 2.18. The molecule has 1 N–H and O–H groups in total. The average molecular weight is 472 g/mol. The molecule has 4 heterocycles. The van der Waals surface area contributed by atoms with Gasteiger partial charge in [0.2, 0.25) is 6.79 Å². The summed E-state index contributed by atoms with van der Waals surface area (Å²) in [5, 5.41) is 1.08. The molecule has 0 bridgehead atoms. The molecular formula is C27H24N2O6. The van der Waals surface area contributed by atoms with Crippen molar-refractivity contribution in [3.63, 3.8) is 0 Å². The molecule has 0 spiro atoms. The Labute approximate surface area is 201 Å². The molecule has 35 heavy (non-hydrogen) atoms.